The molecule has 1 atom stereocenters. The maximum Gasteiger partial charge on any atom is 0.326 e. The molecular formula is C17H20FN3O3. The molecule has 0 saturated heterocycles. The van der Waals surface area contributed by atoms with Crippen LogP contribution in [0.3, 0.4) is 0 Å². The van der Waals surface area contributed by atoms with Gasteiger partial charge >= 0.3 is 5.97 Å². The third-order valence-corrected chi connectivity index (χ3v) is 3.28. The lowest BCUT2D eigenvalue weighted by Crippen LogP contribution is -2.44. The number of benzene rings is 1. The van der Waals surface area contributed by atoms with Gasteiger partial charge in [-0.15, -0.1) is 0 Å². The Morgan fingerprint density at radius 2 is 2.12 bits per heavy atom. The summed E-state index contributed by atoms with van der Waals surface area (Å²) in [7, 11) is 0. The third kappa shape index (κ3) is 6.08. The Hall–Kier alpha value is -2.88. The lowest BCUT2D eigenvalue weighted by atomic mass is 10.0. The number of carboxylic acid groups (broad SMARTS) is 1. The van der Waals surface area contributed by atoms with E-state index in [0.717, 1.165) is 5.56 Å². The number of carboxylic acids is 1. The number of carbonyl (C=O) groups excluding carboxylic acids is 1. The number of hydrogen-bond donors (Lipinski definition) is 3. The minimum atomic E-state index is -1.16. The van der Waals surface area contributed by atoms with Crippen molar-refractivity contribution in [2.75, 3.05) is 6.54 Å². The molecule has 0 radical (unpaired) electrons. The molecule has 24 heavy (non-hydrogen) atoms. The van der Waals surface area contributed by atoms with Crippen molar-refractivity contribution in [3.63, 3.8) is 0 Å². The van der Waals surface area contributed by atoms with Gasteiger partial charge in [0, 0.05) is 12.7 Å². The Morgan fingerprint density at radius 1 is 1.42 bits per heavy atom. The summed E-state index contributed by atoms with van der Waals surface area (Å²) in [5.41, 5.74) is 0.561. The van der Waals surface area contributed by atoms with Crippen molar-refractivity contribution in [1.82, 2.24) is 10.6 Å². The highest BCUT2D eigenvalue weighted by molar-refractivity contribution is 5.99. The second-order valence-electron chi connectivity index (χ2n) is 5.54. The number of nitrogens with one attached hydrogen (secondary N) is 2. The zero-order valence-electron chi connectivity index (χ0n) is 13.5. The predicted molar refractivity (Wildman–Crippen MR) is 86.2 cm³/mol. The Bertz CT molecular complexity index is 665. The van der Waals surface area contributed by atoms with Gasteiger partial charge in [0.2, 0.25) is 0 Å². The normalized spacial score (nSPS) is 12.4. The molecule has 0 saturated carbocycles. The lowest BCUT2D eigenvalue weighted by molar-refractivity contribution is -0.142. The molecule has 128 valence electrons. The number of hydrogen-bond acceptors (Lipinski definition) is 4. The SMILES string of the molecule is CC(C)C(NC(=O)/C(C#N)=C\NCCc1cccc(F)c1)C(=O)O. The Balaban J connectivity index is 2.58. The van der Waals surface area contributed by atoms with Crippen LogP contribution in [0.2, 0.25) is 0 Å². The van der Waals surface area contributed by atoms with Gasteiger partial charge < -0.3 is 15.7 Å². The van der Waals surface area contributed by atoms with E-state index in [4.69, 9.17) is 10.4 Å². The molecule has 0 aliphatic rings. The molecule has 1 aromatic carbocycles. The highest BCUT2D eigenvalue weighted by Crippen LogP contribution is 2.05. The molecule has 6 nitrogen and oxygen atoms in total. The number of aliphatic carboxylic acids is 1. The van der Waals surface area contributed by atoms with E-state index in [1.807, 2.05) is 0 Å². The first kappa shape index (κ1) is 19.2. The average Bonchev–Trinajstić information content (AvgIpc) is 2.52. The first-order chi connectivity index (χ1) is 11.3. The van der Waals surface area contributed by atoms with Crippen LogP contribution in [-0.2, 0) is 16.0 Å². The Kier molecular flexibility index (Phi) is 7.43. The summed E-state index contributed by atoms with van der Waals surface area (Å²) in [6, 6.07) is 6.79. The summed E-state index contributed by atoms with van der Waals surface area (Å²) in [6.45, 7) is 3.71. The molecule has 0 bridgehead atoms. The lowest BCUT2D eigenvalue weighted by Gasteiger charge is -2.17. The molecule has 0 spiro atoms. The topological polar surface area (TPSA) is 102 Å². The van der Waals surface area contributed by atoms with Gasteiger partial charge in [0.05, 0.1) is 0 Å². The molecule has 7 heteroatoms. The van der Waals surface area contributed by atoms with E-state index >= 15 is 0 Å². The summed E-state index contributed by atoms with van der Waals surface area (Å²) in [4.78, 5) is 23.0. The van der Waals surface area contributed by atoms with Crippen molar-refractivity contribution in [1.29, 1.82) is 5.26 Å². The quantitative estimate of drug-likeness (QED) is 0.381. The summed E-state index contributed by atoms with van der Waals surface area (Å²) in [6.07, 6.45) is 1.74. The number of nitriles is 1. The average molecular weight is 333 g/mol. The van der Waals surface area contributed by atoms with E-state index in [2.05, 4.69) is 10.6 Å². The second kappa shape index (κ2) is 9.30. The molecule has 3 N–H and O–H groups in total. The van der Waals surface area contributed by atoms with Gasteiger partial charge in [0.15, 0.2) is 0 Å². The van der Waals surface area contributed by atoms with Crippen LogP contribution in [0.25, 0.3) is 0 Å². The van der Waals surface area contributed by atoms with Crippen molar-refractivity contribution in [3.05, 3.63) is 47.4 Å². The van der Waals surface area contributed by atoms with Crippen molar-refractivity contribution in [2.45, 2.75) is 26.3 Å². The number of amides is 1. The molecule has 0 aromatic heterocycles. The van der Waals surface area contributed by atoms with Crippen LogP contribution >= 0.6 is 0 Å². The first-order valence-corrected chi connectivity index (χ1v) is 7.47. The molecule has 0 fully saturated rings. The zero-order chi connectivity index (χ0) is 18.1. The zero-order valence-corrected chi connectivity index (χ0v) is 13.5. The van der Waals surface area contributed by atoms with Gasteiger partial charge in [-0.25, -0.2) is 9.18 Å². The first-order valence-electron chi connectivity index (χ1n) is 7.47. The van der Waals surface area contributed by atoms with E-state index in [0.29, 0.717) is 13.0 Å². The van der Waals surface area contributed by atoms with Crippen LogP contribution in [0.1, 0.15) is 19.4 Å². The molecule has 1 rings (SSSR count). The van der Waals surface area contributed by atoms with Gasteiger partial charge in [0.1, 0.15) is 23.5 Å². The van der Waals surface area contributed by atoms with Gasteiger partial charge in [0.25, 0.3) is 5.91 Å². The summed E-state index contributed by atoms with van der Waals surface area (Å²) < 4.78 is 13.0. The van der Waals surface area contributed by atoms with E-state index in [1.54, 1.807) is 32.0 Å². The van der Waals surface area contributed by atoms with Crippen LogP contribution in [-0.4, -0.2) is 29.6 Å². The maximum atomic E-state index is 13.0. The van der Waals surface area contributed by atoms with Crippen LogP contribution in [0, 0.1) is 23.1 Å². The maximum absolute atomic E-state index is 13.0. The summed E-state index contributed by atoms with van der Waals surface area (Å²) >= 11 is 0. The second-order valence-corrected chi connectivity index (χ2v) is 5.54. The fourth-order valence-corrected chi connectivity index (χ4v) is 1.96. The van der Waals surface area contributed by atoms with Crippen LogP contribution in [0.15, 0.2) is 36.0 Å². The fraction of sp³-hybridized carbons (Fsp3) is 0.353. The highest BCUT2D eigenvalue weighted by atomic mass is 19.1. The van der Waals surface area contributed by atoms with E-state index in [9.17, 15) is 14.0 Å². The minimum absolute atomic E-state index is 0.221. The smallest absolute Gasteiger partial charge is 0.326 e. The van der Waals surface area contributed by atoms with Crippen molar-refractivity contribution in [3.8, 4) is 6.07 Å². The van der Waals surface area contributed by atoms with Gasteiger partial charge in [-0.1, -0.05) is 26.0 Å². The molecule has 1 unspecified atom stereocenters. The van der Waals surface area contributed by atoms with Gasteiger partial charge in [-0.2, -0.15) is 5.26 Å². The predicted octanol–water partition coefficient (Wildman–Crippen LogP) is 1.59. The van der Waals surface area contributed by atoms with Crippen LogP contribution in [0.5, 0.6) is 0 Å². The van der Waals surface area contributed by atoms with E-state index < -0.39 is 17.9 Å². The largest absolute Gasteiger partial charge is 0.480 e. The monoisotopic (exact) mass is 333 g/mol. The van der Waals surface area contributed by atoms with E-state index in [-0.39, 0.29) is 17.3 Å². The van der Waals surface area contributed by atoms with Crippen LogP contribution in [0.4, 0.5) is 4.39 Å². The molecule has 1 aromatic rings. The minimum Gasteiger partial charge on any atom is -0.480 e. The van der Waals surface area contributed by atoms with Crippen LogP contribution < -0.4 is 10.6 Å². The Morgan fingerprint density at radius 3 is 2.67 bits per heavy atom. The molecular weight excluding hydrogens is 313 g/mol. The summed E-state index contributed by atoms with van der Waals surface area (Å²) in [5.74, 6) is -2.55. The van der Waals surface area contributed by atoms with E-state index in [1.165, 1.54) is 18.3 Å². The number of nitrogens with zero attached hydrogens (tertiary/aromatic N) is 1. The summed E-state index contributed by atoms with van der Waals surface area (Å²) in [5, 5.41) is 23.2. The molecule has 0 aliphatic carbocycles. The molecule has 0 aliphatic heterocycles. The number of rotatable bonds is 8. The van der Waals surface area contributed by atoms with Crippen molar-refractivity contribution >= 4 is 11.9 Å². The van der Waals surface area contributed by atoms with Crippen molar-refractivity contribution < 1.29 is 19.1 Å². The Labute approximate surface area is 140 Å². The van der Waals surface area contributed by atoms with Gasteiger partial charge in [-0.05, 0) is 30.0 Å². The number of carbonyl (C=O) groups is 2. The fourth-order valence-electron chi connectivity index (χ4n) is 1.96. The number of halogens is 1. The highest BCUT2D eigenvalue weighted by Gasteiger charge is 2.24. The standard InChI is InChI=1S/C17H20FN3O3/c1-11(2)15(17(23)24)21-16(22)13(9-19)10-20-7-6-12-4-3-5-14(18)8-12/h3-5,8,10-11,15,20H,6-7H2,1-2H3,(H,21,22)(H,23,24)/b13-10-. The third-order valence-electron chi connectivity index (χ3n) is 3.28. The molecule has 1 amide bonds. The molecule has 0 heterocycles. The van der Waals surface area contributed by atoms with Crippen molar-refractivity contribution in [2.24, 2.45) is 5.92 Å². The van der Waals surface area contributed by atoms with Gasteiger partial charge in [-0.3, -0.25) is 4.79 Å².